The molecule has 1 heteroatoms. The number of rotatable bonds is 6. The second-order valence-corrected chi connectivity index (χ2v) is 3.93. The summed E-state index contributed by atoms with van der Waals surface area (Å²) in [6, 6.07) is 6.29. The van der Waals surface area contributed by atoms with Crippen molar-refractivity contribution in [1.29, 1.82) is 0 Å². The quantitative estimate of drug-likeness (QED) is 0.621. The Hall–Kier alpha value is -0.850. The van der Waals surface area contributed by atoms with Gasteiger partial charge in [-0.15, -0.1) is 0 Å². The maximum Gasteiger partial charge on any atom is 0.0406 e. The zero-order valence-corrected chi connectivity index (χ0v) is 9.42. The number of hydrogen-bond donors (Lipinski definition) is 0. The first-order valence-corrected chi connectivity index (χ1v) is 5.75. The third-order valence-electron chi connectivity index (χ3n) is 2.48. The van der Waals surface area contributed by atoms with Crippen LogP contribution in [-0.4, -0.2) is 4.98 Å². The minimum atomic E-state index is 1.14. The Morgan fingerprint density at radius 3 is 2.57 bits per heavy atom. The van der Waals surface area contributed by atoms with Gasteiger partial charge in [0.1, 0.15) is 0 Å². The Morgan fingerprint density at radius 2 is 1.86 bits per heavy atom. The van der Waals surface area contributed by atoms with Crippen LogP contribution in [0.5, 0.6) is 0 Å². The lowest BCUT2D eigenvalue weighted by molar-refractivity contribution is 0.628. The molecule has 0 spiro atoms. The van der Waals surface area contributed by atoms with E-state index >= 15 is 0 Å². The van der Waals surface area contributed by atoms with Crippen molar-refractivity contribution in [3.63, 3.8) is 0 Å². The number of aryl methyl sites for hydroxylation is 2. The first-order valence-electron chi connectivity index (χ1n) is 5.75. The van der Waals surface area contributed by atoms with Crippen LogP contribution in [-0.2, 0) is 6.42 Å². The van der Waals surface area contributed by atoms with Crippen LogP contribution < -0.4 is 0 Å². The van der Waals surface area contributed by atoms with E-state index in [0.717, 1.165) is 12.1 Å². The Balaban J connectivity index is 2.18. The van der Waals surface area contributed by atoms with Crippen molar-refractivity contribution >= 4 is 0 Å². The maximum absolute atomic E-state index is 4.49. The van der Waals surface area contributed by atoms with E-state index in [1.807, 2.05) is 0 Å². The monoisotopic (exact) mass is 191 g/mol. The van der Waals surface area contributed by atoms with E-state index in [-0.39, 0.29) is 0 Å². The molecule has 0 saturated carbocycles. The molecule has 78 valence electrons. The highest BCUT2D eigenvalue weighted by molar-refractivity contribution is 5.09. The van der Waals surface area contributed by atoms with Gasteiger partial charge in [-0.2, -0.15) is 0 Å². The molecule has 0 atom stereocenters. The number of pyridine rings is 1. The van der Waals surface area contributed by atoms with E-state index in [1.54, 1.807) is 0 Å². The molecule has 14 heavy (non-hydrogen) atoms. The predicted molar refractivity (Wildman–Crippen MR) is 61.4 cm³/mol. The van der Waals surface area contributed by atoms with E-state index in [2.05, 4.69) is 37.0 Å². The Kier molecular flexibility index (Phi) is 5.28. The van der Waals surface area contributed by atoms with Crippen LogP contribution in [0.4, 0.5) is 0 Å². The van der Waals surface area contributed by atoms with E-state index in [1.165, 1.54) is 37.8 Å². The molecule has 0 aliphatic rings. The van der Waals surface area contributed by atoms with Crippen molar-refractivity contribution in [1.82, 2.24) is 4.98 Å². The van der Waals surface area contributed by atoms with E-state index in [0.29, 0.717) is 0 Å². The molecule has 0 bridgehead atoms. The molecule has 0 N–H and O–H groups in total. The maximum atomic E-state index is 4.49. The molecular weight excluding hydrogens is 170 g/mol. The molecule has 0 aromatic carbocycles. The number of hydrogen-bond acceptors (Lipinski definition) is 1. The second-order valence-electron chi connectivity index (χ2n) is 3.93. The van der Waals surface area contributed by atoms with Crippen molar-refractivity contribution in [2.75, 3.05) is 0 Å². The summed E-state index contributed by atoms with van der Waals surface area (Å²) in [5, 5.41) is 0. The molecule has 1 rings (SSSR count). The summed E-state index contributed by atoms with van der Waals surface area (Å²) >= 11 is 0. The lowest BCUT2D eigenvalue weighted by atomic mass is 10.1. The van der Waals surface area contributed by atoms with Gasteiger partial charge in [-0.3, -0.25) is 4.98 Å². The van der Waals surface area contributed by atoms with Crippen LogP contribution in [0, 0.1) is 6.92 Å². The van der Waals surface area contributed by atoms with Crippen molar-refractivity contribution in [3.8, 4) is 0 Å². The van der Waals surface area contributed by atoms with E-state index in [9.17, 15) is 0 Å². The zero-order chi connectivity index (χ0) is 10.2. The molecule has 0 aliphatic carbocycles. The van der Waals surface area contributed by atoms with Crippen LogP contribution in [0.2, 0.25) is 0 Å². The standard InChI is InChI=1S/C13H21N/c1-3-4-5-6-7-10-13-11-8-9-12(2)14-13/h8-9,11H,3-7,10H2,1-2H3. The van der Waals surface area contributed by atoms with Gasteiger partial charge in [0.15, 0.2) is 0 Å². The molecule has 0 radical (unpaired) electrons. The van der Waals surface area contributed by atoms with Crippen molar-refractivity contribution in [2.45, 2.75) is 52.4 Å². The second kappa shape index (κ2) is 6.58. The largest absolute Gasteiger partial charge is 0.258 e. The van der Waals surface area contributed by atoms with Crippen molar-refractivity contribution < 1.29 is 0 Å². The third kappa shape index (κ3) is 4.40. The molecular formula is C13H21N. The molecule has 1 heterocycles. The van der Waals surface area contributed by atoms with Crippen LogP contribution in [0.15, 0.2) is 18.2 Å². The fourth-order valence-corrected chi connectivity index (χ4v) is 1.65. The van der Waals surface area contributed by atoms with Crippen LogP contribution in [0.25, 0.3) is 0 Å². The fraction of sp³-hybridized carbons (Fsp3) is 0.615. The molecule has 0 aliphatic heterocycles. The van der Waals surface area contributed by atoms with Gasteiger partial charge in [0.25, 0.3) is 0 Å². The number of aromatic nitrogens is 1. The first kappa shape index (κ1) is 11.2. The molecule has 1 aromatic heterocycles. The predicted octanol–water partition coefficient (Wildman–Crippen LogP) is 3.90. The number of unbranched alkanes of at least 4 members (excludes halogenated alkanes) is 4. The minimum absolute atomic E-state index is 1.14. The van der Waals surface area contributed by atoms with Gasteiger partial charge in [-0.25, -0.2) is 0 Å². The lowest BCUT2D eigenvalue weighted by Gasteiger charge is -2.01. The van der Waals surface area contributed by atoms with E-state index in [4.69, 9.17) is 0 Å². The van der Waals surface area contributed by atoms with Crippen LogP contribution in [0.3, 0.4) is 0 Å². The average molecular weight is 191 g/mol. The fourth-order valence-electron chi connectivity index (χ4n) is 1.65. The lowest BCUT2D eigenvalue weighted by Crippen LogP contribution is -1.91. The highest BCUT2D eigenvalue weighted by Crippen LogP contribution is 2.07. The van der Waals surface area contributed by atoms with E-state index < -0.39 is 0 Å². The first-order chi connectivity index (χ1) is 6.83. The summed E-state index contributed by atoms with van der Waals surface area (Å²) < 4.78 is 0. The SMILES string of the molecule is CCCCCCCc1cccc(C)n1. The summed E-state index contributed by atoms with van der Waals surface area (Å²) in [4.78, 5) is 4.49. The summed E-state index contributed by atoms with van der Waals surface area (Å²) in [6.45, 7) is 4.31. The zero-order valence-electron chi connectivity index (χ0n) is 9.42. The molecule has 1 aromatic rings. The Bertz CT molecular complexity index is 255. The molecule has 1 nitrogen and oxygen atoms in total. The van der Waals surface area contributed by atoms with Crippen LogP contribution in [0.1, 0.15) is 50.4 Å². The normalized spacial score (nSPS) is 10.4. The Morgan fingerprint density at radius 1 is 1.07 bits per heavy atom. The van der Waals surface area contributed by atoms with Gasteiger partial charge < -0.3 is 0 Å². The third-order valence-corrected chi connectivity index (χ3v) is 2.48. The topological polar surface area (TPSA) is 12.9 Å². The van der Waals surface area contributed by atoms with Gasteiger partial charge in [0, 0.05) is 11.4 Å². The smallest absolute Gasteiger partial charge is 0.0406 e. The summed E-state index contributed by atoms with van der Waals surface area (Å²) in [5.41, 5.74) is 2.39. The van der Waals surface area contributed by atoms with Gasteiger partial charge >= 0.3 is 0 Å². The highest BCUT2D eigenvalue weighted by Gasteiger charge is 1.95. The van der Waals surface area contributed by atoms with Gasteiger partial charge in [-0.05, 0) is 31.9 Å². The molecule has 0 amide bonds. The minimum Gasteiger partial charge on any atom is -0.258 e. The molecule has 0 unspecified atom stereocenters. The average Bonchev–Trinajstić information content (AvgIpc) is 2.18. The highest BCUT2D eigenvalue weighted by atomic mass is 14.7. The molecule has 0 fully saturated rings. The number of nitrogens with zero attached hydrogens (tertiary/aromatic N) is 1. The van der Waals surface area contributed by atoms with Crippen molar-refractivity contribution in [3.05, 3.63) is 29.6 Å². The Labute approximate surface area is 87.6 Å². The summed E-state index contributed by atoms with van der Waals surface area (Å²) in [7, 11) is 0. The van der Waals surface area contributed by atoms with Gasteiger partial charge in [0.2, 0.25) is 0 Å². The van der Waals surface area contributed by atoms with Crippen LogP contribution >= 0.6 is 0 Å². The molecule has 0 saturated heterocycles. The van der Waals surface area contributed by atoms with Gasteiger partial charge in [-0.1, -0.05) is 38.7 Å². The summed E-state index contributed by atoms with van der Waals surface area (Å²) in [5.74, 6) is 0. The van der Waals surface area contributed by atoms with Crippen molar-refractivity contribution in [2.24, 2.45) is 0 Å². The summed E-state index contributed by atoms with van der Waals surface area (Å²) in [6.07, 6.45) is 7.86. The van der Waals surface area contributed by atoms with Gasteiger partial charge in [0.05, 0.1) is 0 Å².